The van der Waals surface area contributed by atoms with Gasteiger partial charge in [0.25, 0.3) is 0 Å². The minimum Gasteiger partial charge on any atom is -0.491 e. The topological polar surface area (TPSA) is 36.3 Å². The van der Waals surface area contributed by atoms with Gasteiger partial charge in [-0.25, -0.2) is 0 Å². The SMILES string of the molecule is CN(C)CCSCCOc1ccccc1C#N. The lowest BCUT2D eigenvalue weighted by Crippen LogP contribution is -2.15. The molecule has 0 saturated heterocycles. The largest absolute Gasteiger partial charge is 0.491 e. The molecule has 0 aliphatic rings. The minimum absolute atomic E-state index is 0.603. The first-order valence-electron chi connectivity index (χ1n) is 5.58. The van der Waals surface area contributed by atoms with Gasteiger partial charge in [-0.2, -0.15) is 17.0 Å². The second-order valence-corrected chi connectivity index (χ2v) is 5.10. The third kappa shape index (κ3) is 5.62. The van der Waals surface area contributed by atoms with Crippen molar-refractivity contribution in [1.29, 1.82) is 5.26 Å². The lowest BCUT2D eigenvalue weighted by Gasteiger charge is -2.09. The van der Waals surface area contributed by atoms with Crippen LogP contribution in [0.1, 0.15) is 5.56 Å². The van der Waals surface area contributed by atoms with E-state index >= 15 is 0 Å². The molecule has 0 radical (unpaired) electrons. The molecule has 0 aromatic heterocycles. The van der Waals surface area contributed by atoms with Gasteiger partial charge in [0.1, 0.15) is 11.8 Å². The van der Waals surface area contributed by atoms with Crippen molar-refractivity contribution in [3.8, 4) is 11.8 Å². The molecule has 0 aliphatic heterocycles. The number of nitriles is 1. The first-order valence-corrected chi connectivity index (χ1v) is 6.74. The molecule has 0 unspecified atom stereocenters. The number of thioether (sulfide) groups is 1. The quantitative estimate of drug-likeness (QED) is 0.695. The van der Waals surface area contributed by atoms with E-state index in [-0.39, 0.29) is 0 Å². The highest BCUT2D eigenvalue weighted by Gasteiger charge is 2.00. The summed E-state index contributed by atoms with van der Waals surface area (Å²) in [6, 6.07) is 9.46. The molecule has 4 heteroatoms. The number of nitrogens with zero attached hydrogens (tertiary/aromatic N) is 2. The van der Waals surface area contributed by atoms with Crippen LogP contribution in [0.15, 0.2) is 24.3 Å². The number of hydrogen-bond donors (Lipinski definition) is 0. The van der Waals surface area contributed by atoms with Gasteiger partial charge in [0.15, 0.2) is 0 Å². The van der Waals surface area contributed by atoms with Gasteiger partial charge in [0.05, 0.1) is 12.2 Å². The summed E-state index contributed by atoms with van der Waals surface area (Å²) in [4.78, 5) is 2.17. The Morgan fingerprint density at radius 2 is 2.06 bits per heavy atom. The number of hydrogen-bond acceptors (Lipinski definition) is 4. The van der Waals surface area contributed by atoms with Crippen molar-refractivity contribution in [2.24, 2.45) is 0 Å². The van der Waals surface area contributed by atoms with E-state index in [1.54, 1.807) is 6.07 Å². The maximum atomic E-state index is 8.88. The molecule has 0 spiro atoms. The number of ether oxygens (including phenoxy) is 1. The molecule has 0 aliphatic carbocycles. The van der Waals surface area contributed by atoms with Crippen LogP contribution in [0.3, 0.4) is 0 Å². The second-order valence-electron chi connectivity index (χ2n) is 3.87. The van der Waals surface area contributed by atoms with E-state index < -0.39 is 0 Å². The van der Waals surface area contributed by atoms with Crippen molar-refractivity contribution in [1.82, 2.24) is 4.90 Å². The van der Waals surface area contributed by atoms with E-state index in [0.29, 0.717) is 17.9 Å². The van der Waals surface area contributed by atoms with Gasteiger partial charge >= 0.3 is 0 Å². The van der Waals surface area contributed by atoms with Crippen molar-refractivity contribution in [2.45, 2.75) is 0 Å². The van der Waals surface area contributed by atoms with Crippen LogP contribution in [0.2, 0.25) is 0 Å². The van der Waals surface area contributed by atoms with E-state index in [1.807, 2.05) is 30.0 Å². The highest BCUT2D eigenvalue weighted by molar-refractivity contribution is 7.99. The van der Waals surface area contributed by atoms with E-state index in [1.165, 1.54) is 0 Å². The van der Waals surface area contributed by atoms with Crippen LogP contribution in [0.4, 0.5) is 0 Å². The zero-order valence-corrected chi connectivity index (χ0v) is 11.2. The van der Waals surface area contributed by atoms with Crippen molar-refractivity contribution < 1.29 is 4.74 Å². The molecule has 0 atom stereocenters. The standard InChI is InChI=1S/C13H18N2OS/c1-15(2)7-9-17-10-8-16-13-6-4-3-5-12(13)11-14/h3-6H,7-10H2,1-2H3. The van der Waals surface area contributed by atoms with Gasteiger partial charge in [-0.05, 0) is 26.2 Å². The molecule has 1 rings (SSSR count). The minimum atomic E-state index is 0.603. The highest BCUT2D eigenvalue weighted by Crippen LogP contribution is 2.16. The fourth-order valence-corrected chi connectivity index (χ4v) is 2.14. The van der Waals surface area contributed by atoms with Gasteiger partial charge < -0.3 is 9.64 Å². The second kappa shape index (κ2) is 7.99. The molecule has 1 aromatic rings. The van der Waals surface area contributed by atoms with Crippen LogP contribution in [-0.2, 0) is 0 Å². The molecule has 17 heavy (non-hydrogen) atoms. The Morgan fingerprint density at radius 1 is 1.29 bits per heavy atom. The van der Waals surface area contributed by atoms with Crippen LogP contribution >= 0.6 is 11.8 Å². The Labute approximate surface area is 107 Å². The van der Waals surface area contributed by atoms with Crippen molar-refractivity contribution >= 4 is 11.8 Å². The van der Waals surface area contributed by atoms with Gasteiger partial charge in [-0.15, -0.1) is 0 Å². The van der Waals surface area contributed by atoms with Crippen molar-refractivity contribution in [2.75, 3.05) is 38.8 Å². The predicted octanol–water partition coefficient (Wildman–Crippen LogP) is 2.23. The Kier molecular flexibility index (Phi) is 6.53. The van der Waals surface area contributed by atoms with E-state index in [9.17, 15) is 0 Å². The van der Waals surface area contributed by atoms with Crippen LogP contribution in [0.25, 0.3) is 0 Å². The lowest BCUT2D eigenvalue weighted by atomic mass is 10.2. The zero-order valence-electron chi connectivity index (χ0n) is 10.3. The summed E-state index contributed by atoms with van der Waals surface area (Å²) in [5.41, 5.74) is 0.603. The molecule has 92 valence electrons. The molecule has 0 bridgehead atoms. The first-order chi connectivity index (χ1) is 8.24. The van der Waals surface area contributed by atoms with Gasteiger partial charge in [0, 0.05) is 18.1 Å². The van der Waals surface area contributed by atoms with Gasteiger partial charge in [-0.1, -0.05) is 12.1 Å². The van der Waals surface area contributed by atoms with Crippen LogP contribution in [0.5, 0.6) is 5.75 Å². The van der Waals surface area contributed by atoms with Crippen LogP contribution < -0.4 is 4.74 Å². The Bertz CT molecular complexity index is 374. The molecular weight excluding hydrogens is 232 g/mol. The Hall–Kier alpha value is -1.18. The maximum absolute atomic E-state index is 8.88. The summed E-state index contributed by atoms with van der Waals surface area (Å²) in [6.07, 6.45) is 0. The molecule has 0 heterocycles. The van der Waals surface area contributed by atoms with Crippen LogP contribution in [-0.4, -0.2) is 43.7 Å². The molecule has 0 saturated carbocycles. The van der Waals surface area contributed by atoms with Gasteiger partial charge in [0.2, 0.25) is 0 Å². The zero-order chi connectivity index (χ0) is 12.5. The van der Waals surface area contributed by atoms with E-state index in [0.717, 1.165) is 18.1 Å². The normalized spacial score (nSPS) is 10.2. The van der Waals surface area contributed by atoms with Crippen molar-refractivity contribution in [3.05, 3.63) is 29.8 Å². The Morgan fingerprint density at radius 3 is 2.76 bits per heavy atom. The Balaban J connectivity index is 2.20. The summed E-state index contributed by atoms with van der Waals surface area (Å²) >= 11 is 1.86. The average Bonchev–Trinajstić information content (AvgIpc) is 2.33. The highest BCUT2D eigenvalue weighted by atomic mass is 32.2. The average molecular weight is 250 g/mol. The van der Waals surface area contributed by atoms with E-state index in [2.05, 4.69) is 25.1 Å². The number of rotatable bonds is 7. The van der Waals surface area contributed by atoms with Crippen LogP contribution in [0, 0.1) is 11.3 Å². The summed E-state index contributed by atoms with van der Waals surface area (Å²) < 4.78 is 5.58. The molecular formula is C13H18N2OS. The first kappa shape index (κ1) is 13.9. The van der Waals surface area contributed by atoms with Crippen molar-refractivity contribution in [3.63, 3.8) is 0 Å². The summed E-state index contributed by atoms with van der Waals surface area (Å²) in [6.45, 7) is 1.73. The molecule has 3 nitrogen and oxygen atoms in total. The molecule has 1 aromatic carbocycles. The van der Waals surface area contributed by atoms with E-state index in [4.69, 9.17) is 10.00 Å². The molecule has 0 amide bonds. The fraction of sp³-hybridized carbons (Fsp3) is 0.462. The number of benzene rings is 1. The summed E-state index contributed by atoms with van der Waals surface area (Å²) in [5, 5.41) is 8.88. The summed E-state index contributed by atoms with van der Waals surface area (Å²) in [7, 11) is 4.14. The number of para-hydroxylation sites is 1. The third-order valence-electron chi connectivity index (χ3n) is 2.18. The monoisotopic (exact) mass is 250 g/mol. The summed E-state index contributed by atoms with van der Waals surface area (Å²) in [5.74, 6) is 2.74. The fourth-order valence-electron chi connectivity index (χ4n) is 1.24. The predicted molar refractivity (Wildman–Crippen MR) is 72.5 cm³/mol. The lowest BCUT2D eigenvalue weighted by molar-refractivity contribution is 0.343. The maximum Gasteiger partial charge on any atom is 0.137 e. The molecule has 0 fully saturated rings. The molecule has 0 N–H and O–H groups in total. The third-order valence-corrected chi connectivity index (χ3v) is 3.10. The van der Waals surface area contributed by atoms with Gasteiger partial charge in [-0.3, -0.25) is 0 Å². The smallest absolute Gasteiger partial charge is 0.137 e.